The van der Waals surface area contributed by atoms with Crippen molar-refractivity contribution in [1.29, 1.82) is 0 Å². The molecular formula is C57H34B5N5. The Labute approximate surface area is 395 Å². The van der Waals surface area contributed by atoms with Crippen LogP contribution in [0, 0.1) is 0 Å². The Bertz CT molecular complexity index is 3830. The molecule has 10 heteroatoms. The SMILES string of the molecule is [B]c1c([B])c([B])c(-c2ccc(-n3c4ccccc4c4ccc5c6ccccc6n(-c6nc(C7=CCCC=C7)nc(-c7ccc(-c8ccccc8)cc7)n6)c5c43)c(-c3ccccc3)c2)c([B])c1[B]. The van der Waals surface area contributed by atoms with Gasteiger partial charge in [-0.15, -0.1) is 16.4 Å². The summed E-state index contributed by atoms with van der Waals surface area (Å²) in [5, 5.41) is 4.31. The lowest BCUT2D eigenvalue weighted by molar-refractivity contribution is 0.928. The summed E-state index contributed by atoms with van der Waals surface area (Å²) in [6.07, 6.45) is 8.40. The molecule has 5 nitrogen and oxygen atoms in total. The Hall–Kier alpha value is -7.83. The second-order valence-corrected chi connectivity index (χ2v) is 17.0. The molecule has 12 rings (SSSR count). The fourth-order valence-corrected chi connectivity index (χ4v) is 9.80. The lowest BCUT2D eigenvalue weighted by atomic mass is 9.59. The van der Waals surface area contributed by atoms with E-state index < -0.39 is 0 Å². The summed E-state index contributed by atoms with van der Waals surface area (Å²) in [6, 6.07) is 56.9. The van der Waals surface area contributed by atoms with Crippen LogP contribution < -0.4 is 27.3 Å². The first-order valence-corrected chi connectivity index (χ1v) is 22.3. The number of para-hydroxylation sites is 2. The number of hydrogen-bond donors (Lipinski definition) is 0. The van der Waals surface area contributed by atoms with Gasteiger partial charge in [0.2, 0.25) is 5.95 Å². The van der Waals surface area contributed by atoms with Crippen molar-refractivity contribution in [3.8, 4) is 56.4 Å². The van der Waals surface area contributed by atoms with Crippen LogP contribution in [0.4, 0.5) is 0 Å². The minimum absolute atomic E-state index is 0.175. The molecule has 0 amide bonds. The zero-order valence-corrected chi connectivity index (χ0v) is 36.4. The molecule has 0 spiro atoms. The summed E-state index contributed by atoms with van der Waals surface area (Å²) in [5.74, 6) is 1.72. The van der Waals surface area contributed by atoms with Crippen LogP contribution >= 0.6 is 0 Å². The first kappa shape index (κ1) is 40.7. The molecule has 1 aliphatic rings. The van der Waals surface area contributed by atoms with Crippen molar-refractivity contribution in [2.75, 3.05) is 0 Å². The second-order valence-electron chi connectivity index (χ2n) is 17.0. The van der Waals surface area contributed by atoms with Crippen LogP contribution in [-0.2, 0) is 0 Å². The molecule has 0 bridgehead atoms. The molecule has 0 saturated heterocycles. The summed E-state index contributed by atoms with van der Waals surface area (Å²) in [5.41, 5.74) is 13.4. The largest absolute Gasteiger partial charge is 0.307 e. The number of hydrogen-bond acceptors (Lipinski definition) is 3. The van der Waals surface area contributed by atoms with Crippen molar-refractivity contribution < 1.29 is 0 Å². The monoisotopic (exact) mass is 843 g/mol. The molecule has 0 saturated carbocycles. The Morgan fingerprint density at radius 2 is 0.925 bits per heavy atom. The van der Waals surface area contributed by atoms with Crippen LogP contribution in [0.3, 0.4) is 0 Å². The van der Waals surface area contributed by atoms with Crippen molar-refractivity contribution in [3.05, 3.63) is 188 Å². The highest BCUT2D eigenvalue weighted by molar-refractivity contribution is 6.68. The highest BCUT2D eigenvalue weighted by Crippen LogP contribution is 2.43. The molecule has 10 radical (unpaired) electrons. The Balaban J connectivity index is 1.17. The van der Waals surface area contributed by atoms with Gasteiger partial charge in [-0.05, 0) is 64.9 Å². The van der Waals surface area contributed by atoms with E-state index in [4.69, 9.17) is 54.2 Å². The van der Waals surface area contributed by atoms with Gasteiger partial charge in [-0.2, -0.15) is 9.97 Å². The average Bonchev–Trinajstić information content (AvgIpc) is 3.91. The summed E-state index contributed by atoms with van der Waals surface area (Å²) in [6.45, 7) is 0. The van der Waals surface area contributed by atoms with E-state index in [0.717, 1.165) is 101 Å². The standard InChI is InChI=1S/C57H34B5N5/c58-48-47(49(59)51(61)52(62)50(48)60)38-28-31-46(43(32-38)35-16-6-2-7-17-35)66-44-22-12-10-20-39(44)41-29-30-42-40-21-11-13-23-45(40)67(54(42)53(41)66)57-64-55(36-18-8-3-9-19-36)63-56(65-57)37-26-24-34(25-27-37)33-14-4-1-5-15-33/h1-2,4-8,10-32H,3,9H2. The zero-order valence-electron chi connectivity index (χ0n) is 36.4. The van der Waals surface area contributed by atoms with Crippen LogP contribution in [0.15, 0.2) is 182 Å². The summed E-state index contributed by atoms with van der Waals surface area (Å²) >= 11 is 0. The van der Waals surface area contributed by atoms with E-state index in [0.29, 0.717) is 23.2 Å². The molecule has 67 heavy (non-hydrogen) atoms. The van der Waals surface area contributed by atoms with Gasteiger partial charge in [-0.25, -0.2) is 4.98 Å². The molecule has 1 aliphatic carbocycles. The topological polar surface area (TPSA) is 48.5 Å². The van der Waals surface area contributed by atoms with Crippen molar-refractivity contribution in [1.82, 2.24) is 24.1 Å². The minimum Gasteiger partial charge on any atom is -0.307 e. The van der Waals surface area contributed by atoms with Gasteiger partial charge in [0, 0.05) is 38.2 Å². The lowest BCUT2D eigenvalue weighted by Gasteiger charge is -2.23. The van der Waals surface area contributed by atoms with E-state index in [1.165, 1.54) is 0 Å². The third kappa shape index (κ3) is 6.65. The van der Waals surface area contributed by atoms with E-state index in [9.17, 15) is 0 Å². The predicted molar refractivity (Wildman–Crippen MR) is 284 cm³/mol. The first-order valence-electron chi connectivity index (χ1n) is 22.3. The zero-order chi connectivity index (χ0) is 45.3. The van der Waals surface area contributed by atoms with Crippen LogP contribution in [0.5, 0.6) is 0 Å². The molecule has 0 atom stereocenters. The number of nitrogens with zero attached hydrogens (tertiary/aromatic N) is 5. The molecule has 0 unspecified atom stereocenters. The first-order chi connectivity index (χ1) is 32.8. The van der Waals surface area contributed by atoms with Crippen molar-refractivity contribution >= 4 is 116 Å². The normalized spacial score (nSPS) is 12.7. The van der Waals surface area contributed by atoms with E-state index in [1.54, 1.807) is 0 Å². The van der Waals surface area contributed by atoms with E-state index in [1.807, 2.05) is 30.3 Å². The average molecular weight is 843 g/mol. The Kier molecular flexibility index (Phi) is 9.86. The highest BCUT2D eigenvalue weighted by atomic mass is 15.2. The molecule has 0 aliphatic heterocycles. The molecule has 8 aromatic carbocycles. The van der Waals surface area contributed by atoms with E-state index in [2.05, 4.69) is 161 Å². The van der Waals surface area contributed by atoms with Gasteiger partial charge in [0.25, 0.3) is 0 Å². The Morgan fingerprint density at radius 3 is 1.57 bits per heavy atom. The molecule has 0 N–H and O–H groups in total. The van der Waals surface area contributed by atoms with Gasteiger partial charge >= 0.3 is 0 Å². The van der Waals surface area contributed by atoms with Crippen LogP contribution in [-0.4, -0.2) is 63.3 Å². The molecule has 0 fully saturated rings. The number of rotatable bonds is 7. The second kappa shape index (κ2) is 16.3. The third-order valence-corrected chi connectivity index (χ3v) is 13.1. The summed E-state index contributed by atoms with van der Waals surface area (Å²) < 4.78 is 4.59. The number of aromatic nitrogens is 5. The fourth-order valence-electron chi connectivity index (χ4n) is 9.80. The van der Waals surface area contributed by atoms with Crippen molar-refractivity contribution in [2.24, 2.45) is 0 Å². The molecule has 11 aromatic rings. The predicted octanol–water partition coefficient (Wildman–Crippen LogP) is 8.44. The highest BCUT2D eigenvalue weighted by Gasteiger charge is 2.25. The number of benzene rings is 8. The number of allylic oxidation sites excluding steroid dienone is 4. The molecular weight excluding hydrogens is 809 g/mol. The van der Waals surface area contributed by atoms with Gasteiger partial charge in [0.05, 0.1) is 27.8 Å². The maximum absolute atomic E-state index is 6.69. The van der Waals surface area contributed by atoms with Crippen LogP contribution in [0.25, 0.3) is 106 Å². The lowest BCUT2D eigenvalue weighted by Crippen LogP contribution is -2.55. The molecule has 3 heterocycles. The summed E-state index contributed by atoms with van der Waals surface area (Å²) in [4.78, 5) is 15.9. The van der Waals surface area contributed by atoms with E-state index >= 15 is 0 Å². The van der Waals surface area contributed by atoms with Gasteiger partial charge in [0.1, 0.15) is 39.2 Å². The maximum Gasteiger partial charge on any atom is 0.238 e. The Morgan fingerprint density at radius 1 is 0.403 bits per heavy atom. The maximum atomic E-state index is 6.69. The van der Waals surface area contributed by atoms with Gasteiger partial charge in [-0.1, -0.05) is 169 Å². The van der Waals surface area contributed by atoms with Gasteiger partial charge in [-0.3, -0.25) is 4.57 Å². The van der Waals surface area contributed by atoms with Crippen LogP contribution in [0.2, 0.25) is 0 Å². The minimum atomic E-state index is 0.175. The number of fused-ring (bicyclic) bond motifs is 7. The van der Waals surface area contributed by atoms with Gasteiger partial charge < -0.3 is 4.57 Å². The smallest absolute Gasteiger partial charge is 0.238 e. The fraction of sp³-hybridized carbons (Fsp3) is 0.0351. The van der Waals surface area contributed by atoms with Crippen LogP contribution in [0.1, 0.15) is 18.7 Å². The van der Waals surface area contributed by atoms with Gasteiger partial charge in [0.15, 0.2) is 11.6 Å². The molecule has 3 aromatic heterocycles. The molecule has 302 valence electrons. The quantitative estimate of drug-likeness (QED) is 0.152. The van der Waals surface area contributed by atoms with Crippen molar-refractivity contribution in [2.45, 2.75) is 12.8 Å². The van der Waals surface area contributed by atoms with Crippen molar-refractivity contribution in [3.63, 3.8) is 0 Å². The third-order valence-electron chi connectivity index (χ3n) is 13.1. The van der Waals surface area contributed by atoms with E-state index in [-0.39, 0.29) is 27.3 Å². The summed E-state index contributed by atoms with van der Waals surface area (Å²) in [7, 11) is 32.5.